The molecule has 2 rings (SSSR count). The van der Waals surface area contributed by atoms with Crippen LogP contribution < -0.4 is 5.73 Å². The van der Waals surface area contributed by atoms with Gasteiger partial charge in [0.15, 0.2) is 14.9 Å². The van der Waals surface area contributed by atoms with Crippen LogP contribution in [0.5, 0.6) is 0 Å². The van der Waals surface area contributed by atoms with E-state index in [0.717, 1.165) is 25.2 Å². The Kier molecular flexibility index (Phi) is 3.24. The zero-order valence-corrected chi connectivity index (χ0v) is 10.9. The lowest BCUT2D eigenvalue weighted by molar-refractivity contribution is 0.207. The normalized spacial score (nSPS) is 19.7. The van der Waals surface area contributed by atoms with Crippen LogP contribution in [0.15, 0.2) is 11.1 Å². The monoisotopic (exact) mass is 258 g/mol. The number of rotatable bonds is 2. The zero-order valence-electron chi connectivity index (χ0n) is 10.1. The summed E-state index contributed by atoms with van der Waals surface area (Å²) < 4.78 is 24.7. The van der Waals surface area contributed by atoms with E-state index < -0.39 is 9.84 Å². The standard InChI is InChI=1S/C10H18N4O2S/c1-8(11)13-4-3-5-14-9(7-13)6-10(12-14)17(2,15)16/h6,8H,3-5,7,11H2,1-2H3/t8-/m1/s1. The molecule has 0 fully saturated rings. The molecule has 1 aromatic rings. The van der Waals surface area contributed by atoms with E-state index >= 15 is 0 Å². The SMILES string of the molecule is C[C@H](N)N1CCCn2nc(S(C)(=O)=O)cc2C1. The van der Waals surface area contributed by atoms with Crippen molar-refractivity contribution in [3.63, 3.8) is 0 Å². The first-order valence-electron chi connectivity index (χ1n) is 5.64. The Bertz CT molecular complexity index is 506. The van der Waals surface area contributed by atoms with Gasteiger partial charge in [-0.3, -0.25) is 9.58 Å². The lowest BCUT2D eigenvalue weighted by Crippen LogP contribution is -2.39. The van der Waals surface area contributed by atoms with Crippen LogP contribution in [0, 0.1) is 0 Å². The molecule has 7 heteroatoms. The summed E-state index contributed by atoms with van der Waals surface area (Å²) in [6.07, 6.45) is 2.08. The van der Waals surface area contributed by atoms with Crippen LogP contribution in [0.25, 0.3) is 0 Å². The lowest BCUT2D eigenvalue weighted by Gasteiger charge is -2.23. The average molecular weight is 258 g/mol. The number of hydrogen-bond donors (Lipinski definition) is 1. The molecule has 17 heavy (non-hydrogen) atoms. The van der Waals surface area contributed by atoms with E-state index in [-0.39, 0.29) is 11.2 Å². The van der Waals surface area contributed by atoms with E-state index in [4.69, 9.17) is 5.73 Å². The van der Waals surface area contributed by atoms with Crippen molar-refractivity contribution in [2.24, 2.45) is 5.73 Å². The molecule has 1 atom stereocenters. The highest BCUT2D eigenvalue weighted by atomic mass is 32.2. The van der Waals surface area contributed by atoms with Gasteiger partial charge in [-0.05, 0) is 19.4 Å². The van der Waals surface area contributed by atoms with E-state index in [1.165, 1.54) is 6.26 Å². The minimum absolute atomic E-state index is 0.0295. The molecular weight excluding hydrogens is 240 g/mol. The first kappa shape index (κ1) is 12.5. The minimum atomic E-state index is -3.23. The van der Waals surface area contributed by atoms with Crippen molar-refractivity contribution in [1.82, 2.24) is 14.7 Å². The molecule has 0 aromatic carbocycles. The summed E-state index contributed by atoms with van der Waals surface area (Å²) >= 11 is 0. The summed E-state index contributed by atoms with van der Waals surface area (Å²) in [7, 11) is -3.23. The molecule has 1 aliphatic heterocycles. The molecule has 0 saturated carbocycles. The quantitative estimate of drug-likeness (QED) is 0.794. The maximum Gasteiger partial charge on any atom is 0.194 e. The molecule has 2 N–H and O–H groups in total. The van der Waals surface area contributed by atoms with Crippen LogP contribution in [0.3, 0.4) is 0 Å². The van der Waals surface area contributed by atoms with E-state index in [9.17, 15) is 8.42 Å². The number of fused-ring (bicyclic) bond motifs is 1. The summed E-state index contributed by atoms with van der Waals surface area (Å²) in [5, 5.41) is 4.29. The maximum atomic E-state index is 11.4. The largest absolute Gasteiger partial charge is 0.316 e. The second-order valence-electron chi connectivity index (χ2n) is 4.53. The molecule has 6 nitrogen and oxygen atoms in total. The fraction of sp³-hybridized carbons (Fsp3) is 0.700. The Morgan fingerprint density at radius 1 is 1.47 bits per heavy atom. The molecule has 0 aliphatic carbocycles. The van der Waals surface area contributed by atoms with Crippen LogP contribution in [-0.2, 0) is 22.9 Å². The number of hydrogen-bond acceptors (Lipinski definition) is 5. The molecule has 0 radical (unpaired) electrons. The van der Waals surface area contributed by atoms with Crippen molar-refractivity contribution in [1.29, 1.82) is 0 Å². The van der Waals surface area contributed by atoms with Crippen molar-refractivity contribution in [2.75, 3.05) is 12.8 Å². The second-order valence-corrected chi connectivity index (χ2v) is 6.50. The highest BCUT2D eigenvalue weighted by Gasteiger charge is 2.21. The molecule has 96 valence electrons. The Hall–Kier alpha value is -0.920. The van der Waals surface area contributed by atoms with Gasteiger partial charge >= 0.3 is 0 Å². The van der Waals surface area contributed by atoms with Gasteiger partial charge in [0.25, 0.3) is 0 Å². The summed E-state index contributed by atoms with van der Waals surface area (Å²) in [5.74, 6) is 0. The molecular formula is C10H18N4O2S. The highest BCUT2D eigenvalue weighted by Crippen LogP contribution is 2.17. The third-order valence-corrected chi connectivity index (χ3v) is 3.94. The van der Waals surface area contributed by atoms with Crippen molar-refractivity contribution < 1.29 is 8.42 Å². The fourth-order valence-electron chi connectivity index (χ4n) is 1.99. The number of nitrogens with zero attached hydrogens (tertiary/aromatic N) is 3. The van der Waals surface area contributed by atoms with E-state index in [0.29, 0.717) is 6.54 Å². The maximum absolute atomic E-state index is 11.4. The second kappa shape index (κ2) is 4.40. The van der Waals surface area contributed by atoms with Gasteiger partial charge in [-0.2, -0.15) is 5.10 Å². The van der Waals surface area contributed by atoms with Gasteiger partial charge in [-0.1, -0.05) is 0 Å². The van der Waals surface area contributed by atoms with Crippen LogP contribution in [0.1, 0.15) is 19.0 Å². The van der Waals surface area contributed by atoms with Crippen LogP contribution >= 0.6 is 0 Å². The number of aromatic nitrogens is 2. The molecule has 0 spiro atoms. The summed E-state index contributed by atoms with van der Waals surface area (Å²) in [5.41, 5.74) is 6.78. The van der Waals surface area contributed by atoms with E-state index in [2.05, 4.69) is 10.00 Å². The van der Waals surface area contributed by atoms with E-state index in [1.54, 1.807) is 10.7 Å². The topological polar surface area (TPSA) is 81.2 Å². The summed E-state index contributed by atoms with van der Waals surface area (Å²) in [4.78, 5) is 2.12. The predicted octanol–water partition coefficient (Wildman–Crippen LogP) is -0.203. The van der Waals surface area contributed by atoms with Gasteiger partial charge in [-0.25, -0.2) is 8.42 Å². The molecule has 2 heterocycles. The molecule has 0 saturated heterocycles. The van der Waals surface area contributed by atoms with Gasteiger partial charge in [0.05, 0.1) is 11.9 Å². The third kappa shape index (κ3) is 2.67. The highest BCUT2D eigenvalue weighted by molar-refractivity contribution is 7.90. The first-order valence-corrected chi connectivity index (χ1v) is 7.53. The van der Waals surface area contributed by atoms with Crippen molar-refractivity contribution in [3.8, 4) is 0 Å². The van der Waals surface area contributed by atoms with Gasteiger partial charge in [0.1, 0.15) is 0 Å². The Morgan fingerprint density at radius 2 is 2.18 bits per heavy atom. The average Bonchev–Trinajstić information content (AvgIpc) is 2.50. The third-order valence-electron chi connectivity index (χ3n) is 2.98. The Labute approximate surface area is 101 Å². The summed E-state index contributed by atoms with van der Waals surface area (Å²) in [6.45, 7) is 4.24. The zero-order chi connectivity index (χ0) is 12.6. The van der Waals surface area contributed by atoms with Gasteiger partial charge < -0.3 is 5.73 Å². The van der Waals surface area contributed by atoms with Crippen molar-refractivity contribution in [2.45, 2.75) is 37.6 Å². The Balaban J connectivity index is 2.33. The molecule has 0 bridgehead atoms. The fourth-order valence-corrected chi connectivity index (χ4v) is 2.59. The van der Waals surface area contributed by atoms with E-state index in [1.807, 2.05) is 6.92 Å². The minimum Gasteiger partial charge on any atom is -0.316 e. The molecule has 0 amide bonds. The smallest absolute Gasteiger partial charge is 0.194 e. The number of nitrogens with two attached hydrogens (primary N) is 1. The summed E-state index contributed by atoms with van der Waals surface area (Å²) in [6, 6.07) is 1.65. The Morgan fingerprint density at radius 3 is 2.76 bits per heavy atom. The van der Waals surface area contributed by atoms with Crippen molar-refractivity contribution in [3.05, 3.63) is 11.8 Å². The number of sulfone groups is 1. The molecule has 1 aliphatic rings. The predicted molar refractivity (Wildman–Crippen MR) is 64.0 cm³/mol. The molecule has 1 aromatic heterocycles. The van der Waals surface area contributed by atoms with Gasteiger partial charge in [0, 0.05) is 25.9 Å². The van der Waals surface area contributed by atoms with Crippen LogP contribution in [0.4, 0.5) is 0 Å². The van der Waals surface area contributed by atoms with Crippen LogP contribution in [-0.4, -0.2) is 42.1 Å². The van der Waals surface area contributed by atoms with Gasteiger partial charge in [-0.15, -0.1) is 0 Å². The van der Waals surface area contributed by atoms with Gasteiger partial charge in [0.2, 0.25) is 0 Å². The molecule has 0 unspecified atom stereocenters. The first-order chi connectivity index (χ1) is 7.88. The van der Waals surface area contributed by atoms with Crippen molar-refractivity contribution >= 4 is 9.84 Å². The number of aryl methyl sites for hydroxylation is 1. The van der Waals surface area contributed by atoms with Crippen LogP contribution in [0.2, 0.25) is 0 Å². The lowest BCUT2D eigenvalue weighted by atomic mass is 10.3.